The zero-order chi connectivity index (χ0) is 14.2. The van der Waals surface area contributed by atoms with Gasteiger partial charge < -0.3 is 9.64 Å². The van der Waals surface area contributed by atoms with Crippen LogP contribution in [0, 0.1) is 6.92 Å². The molecule has 0 saturated carbocycles. The molecule has 0 atom stereocenters. The van der Waals surface area contributed by atoms with Crippen LogP contribution in [0.2, 0.25) is 5.28 Å². The number of hydrogen-bond donors (Lipinski definition) is 0. The van der Waals surface area contributed by atoms with Crippen molar-refractivity contribution in [2.45, 2.75) is 39.2 Å². The molecule has 1 aromatic heterocycles. The van der Waals surface area contributed by atoms with Gasteiger partial charge in [0, 0.05) is 25.2 Å². The maximum absolute atomic E-state index is 11.8. The molecule has 1 aliphatic heterocycles. The van der Waals surface area contributed by atoms with Crippen LogP contribution < -0.4 is 0 Å². The van der Waals surface area contributed by atoms with Gasteiger partial charge in [0.05, 0.1) is 5.69 Å². The van der Waals surface area contributed by atoms with Gasteiger partial charge in [0.15, 0.2) is 0 Å². The summed E-state index contributed by atoms with van der Waals surface area (Å²) in [7, 11) is 0. The van der Waals surface area contributed by atoms with Gasteiger partial charge in [-0.15, -0.1) is 0 Å². The zero-order valence-corrected chi connectivity index (χ0v) is 12.4. The van der Waals surface area contributed by atoms with E-state index in [1.54, 1.807) is 11.1 Å². The zero-order valence-electron chi connectivity index (χ0n) is 11.6. The molecule has 1 aliphatic rings. The monoisotopic (exact) mass is 283 g/mol. The van der Waals surface area contributed by atoms with Crippen molar-refractivity contribution in [3.63, 3.8) is 0 Å². The third-order valence-corrected chi connectivity index (χ3v) is 3.08. The van der Waals surface area contributed by atoms with Crippen molar-refractivity contribution in [2.75, 3.05) is 13.1 Å². The van der Waals surface area contributed by atoms with Crippen molar-refractivity contribution >= 4 is 17.7 Å². The molecule has 104 valence electrons. The number of aryl methyl sites for hydroxylation is 1. The average Bonchev–Trinajstić information content (AvgIpc) is 2.18. The van der Waals surface area contributed by atoms with E-state index in [4.69, 9.17) is 16.3 Å². The molecule has 0 aromatic carbocycles. The van der Waals surface area contributed by atoms with Gasteiger partial charge in [-0.25, -0.2) is 14.8 Å². The van der Waals surface area contributed by atoms with E-state index in [-0.39, 0.29) is 17.3 Å². The number of carbonyl (C=O) groups is 1. The Balaban J connectivity index is 1.96. The molecule has 0 radical (unpaired) electrons. The number of amides is 1. The van der Waals surface area contributed by atoms with E-state index in [9.17, 15) is 4.79 Å². The lowest BCUT2D eigenvalue weighted by Gasteiger charge is -2.39. The quantitative estimate of drug-likeness (QED) is 0.744. The molecular weight excluding hydrogens is 266 g/mol. The van der Waals surface area contributed by atoms with Crippen molar-refractivity contribution in [1.82, 2.24) is 14.9 Å². The maximum Gasteiger partial charge on any atom is 0.410 e. The Hall–Kier alpha value is -1.36. The van der Waals surface area contributed by atoms with Crippen molar-refractivity contribution in [3.05, 3.63) is 22.7 Å². The summed E-state index contributed by atoms with van der Waals surface area (Å²) in [5, 5.41) is 0.247. The third kappa shape index (κ3) is 3.35. The van der Waals surface area contributed by atoms with Crippen LogP contribution in [-0.4, -0.2) is 39.7 Å². The fourth-order valence-electron chi connectivity index (χ4n) is 1.97. The minimum Gasteiger partial charge on any atom is -0.444 e. The molecule has 0 N–H and O–H groups in total. The third-order valence-electron chi connectivity index (χ3n) is 2.90. The van der Waals surface area contributed by atoms with Crippen molar-refractivity contribution in [1.29, 1.82) is 0 Å². The van der Waals surface area contributed by atoms with Gasteiger partial charge in [0.2, 0.25) is 5.28 Å². The van der Waals surface area contributed by atoms with Crippen LogP contribution in [0.4, 0.5) is 4.79 Å². The number of likely N-dealkylation sites (tertiary alicyclic amines) is 1. The number of ether oxygens (including phenoxy) is 1. The fourth-order valence-corrected chi connectivity index (χ4v) is 2.11. The molecule has 0 bridgehead atoms. The number of hydrogen-bond acceptors (Lipinski definition) is 4. The molecule has 1 fully saturated rings. The standard InChI is InChI=1S/C13H18ClN3O2/c1-8-5-15-11(14)16-10(8)9-6-17(7-9)12(18)19-13(2,3)4/h5,9H,6-7H2,1-4H3. The van der Waals surface area contributed by atoms with Gasteiger partial charge in [0.25, 0.3) is 0 Å². The molecule has 6 heteroatoms. The summed E-state index contributed by atoms with van der Waals surface area (Å²) in [6, 6.07) is 0. The minimum absolute atomic E-state index is 0.216. The normalized spacial score (nSPS) is 16.2. The van der Waals surface area contributed by atoms with Crippen LogP contribution in [0.3, 0.4) is 0 Å². The Morgan fingerprint density at radius 3 is 2.68 bits per heavy atom. The summed E-state index contributed by atoms with van der Waals surface area (Å²) in [5.41, 5.74) is 1.45. The van der Waals surface area contributed by atoms with Gasteiger partial charge in [0.1, 0.15) is 5.60 Å². The molecule has 0 spiro atoms. The Morgan fingerprint density at radius 1 is 1.47 bits per heavy atom. The smallest absolute Gasteiger partial charge is 0.410 e. The molecule has 2 rings (SSSR count). The van der Waals surface area contributed by atoms with Crippen LogP contribution in [0.5, 0.6) is 0 Å². The highest BCUT2D eigenvalue weighted by Crippen LogP contribution is 2.29. The number of nitrogens with zero attached hydrogens (tertiary/aromatic N) is 3. The summed E-state index contributed by atoms with van der Waals surface area (Å²) in [4.78, 5) is 21.7. The molecular formula is C13H18ClN3O2. The van der Waals surface area contributed by atoms with Crippen LogP contribution in [0.15, 0.2) is 6.20 Å². The predicted octanol–water partition coefficient (Wildman–Crippen LogP) is 2.77. The van der Waals surface area contributed by atoms with E-state index < -0.39 is 5.60 Å². The minimum atomic E-state index is -0.462. The van der Waals surface area contributed by atoms with Crippen LogP contribution in [0.25, 0.3) is 0 Å². The van der Waals surface area contributed by atoms with Crippen LogP contribution >= 0.6 is 11.6 Å². The number of halogens is 1. The molecule has 5 nitrogen and oxygen atoms in total. The first-order chi connectivity index (χ1) is 8.76. The van der Waals surface area contributed by atoms with Crippen LogP contribution in [0.1, 0.15) is 37.9 Å². The maximum atomic E-state index is 11.8. The number of rotatable bonds is 1. The van der Waals surface area contributed by atoms with E-state index in [1.165, 1.54) is 0 Å². The lowest BCUT2D eigenvalue weighted by atomic mass is 9.94. The lowest BCUT2D eigenvalue weighted by Crippen LogP contribution is -2.50. The van der Waals surface area contributed by atoms with E-state index in [0.29, 0.717) is 13.1 Å². The second-order valence-electron chi connectivity index (χ2n) is 5.79. The average molecular weight is 284 g/mol. The molecule has 0 unspecified atom stereocenters. The lowest BCUT2D eigenvalue weighted by molar-refractivity contribution is 0.00781. The van der Waals surface area contributed by atoms with Crippen LogP contribution in [-0.2, 0) is 4.74 Å². The summed E-state index contributed by atoms with van der Waals surface area (Å²) < 4.78 is 5.31. The molecule has 1 amide bonds. The fraction of sp³-hybridized carbons (Fsp3) is 0.615. The van der Waals surface area contributed by atoms with E-state index in [1.807, 2.05) is 27.7 Å². The molecule has 0 aliphatic carbocycles. The van der Waals surface area contributed by atoms with Crippen molar-refractivity contribution in [2.24, 2.45) is 0 Å². The SMILES string of the molecule is Cc1cnc(Cl)nc1C1CN(C(=O)OC(C)(C)C)C1. The number of aromatic nitrogens is 2. The van der Waals surface area contributed by atoms with Gasteiger partial charge in [-0.05, 0) is 44.9 Å². The molecule has 2 heterocycles. The summed E-state index contributed by atoms with van der Waals surface area (Å²) >= 11 is 5.80. The Bertz CT molecular complexity index is 493. The topological polar surface area (TPSA) is 55.3 Å². The summed E-state index contributed by atoms with van der Waals surface area (Å²) in [6.45, 7) is 8.75. The highest BCUT2D eigenvalue weighted by Gasteiger charge is 2.36. The first kappa shape index (κ1) is 14.1. The molecule has 1 saturated heterocycles. The second-order valence-corrected chi connectivity index (χ2v) is 6.13. The van der Waals surface area contributed by atoms with Gasteiger partial charge in [-0.2, -0.15) is 0 Å². The van der Waals surface area contributed by atoms with Crippen molar-refractivity contribution < 1.29 is 9.53 Å². The largest absolute Gasteiger partial charge is 0.444 e. The van der Waals surface area contributed by atoms with Crippen molar-refractivity contribution in [3.8, 4) is 0 Å². The van der Waals surface area contributed by atoms with Gasteiger partial charge in [-0.3, -0.25) is 0 Å². The van der Waals surface area contributed by atoms with Gasteiger partial charge in [-0.1, -0.05) is 0 Å². The van der Waals surface area contributed by atoms with Gasteiger partial charge >= 0.3 is 6.09 Å². The molecule has 19 heavy (non-hydrogen) atoms. The Morgan fingerprint density at radius 2 is 2.11 bits per heavy atom. The Kier molecular flexibility index (Phi) is 3.67. The van der Waals surface area contributed by atoms with E-state index in [2.05, 4.69) is 9.97 Å². The first-order valence-electron chi connectivity index (χ1n) is 6.23. The summed E-state index contributed by atoms with van der Waals surface area (Å²) in [6.07, 6.45) is 1.43. The van der Waals surface area contributed by atoms with E-state index >= 15 is 0 Å². The molecule has 1 aromatic rings. The second kappa shape index (κ2) is 4.96. The predicted molar refractivity (Wildman–Crippen MR) is 72.3 cm³/mol. The highest BCUT2D eigenvalue weighted by atomic mass is 35.5. The highest BCUT2D eigenvalue weighted by molar-refractivity contribution is 6.28. The summed E-state index contributed by atoms with van der Waals surface area (Å²) in [5.74, 6) is 0.216. The first-order valence-corrected chi connectivity index (χ1v) is 6.61. The number of carbonyl (C=O) groups excluding carboxylic acids is 1. The Labute approximate surface area is 117 Å². The van der Waals surface area contributed by atoms with E-state index in [0.717, 1.165) is 11.3 Å².